The number of benzene rings is 1. The molecule has 3 N–H and O–H groups in total. The molecule has 104 valence electrons. The van der Waals surface area contributed by atoms with E-state index in [4.69, 9.17) is 5.73 Å². The number of rotatable bonds is 6. The predicted octanol–water partition coefficient (Wildman–Crippen LogP) is 1.41. The van der Waals surface area contributed by atoms with Crippen LogP contribution in [0.3, 0.4) is 0 Å². The second-order valence-corrected chi connectivity index (χ2v) is 5.13. The largest absolute Gasteiger partial charge is 0.398 e. The minimum Gasteiger partial charge on any atom is -0.398 e. The summed E-state index contributed by atoms with van der Waals surface area (Å²) in [6, 6.07) is 7.52. The standard InChI is InChI=1S/C15H23N3O/c16-14-7-2-1-6-13(14)12-15(19)17-8-5-11-18-9-3-4-10-18/h1-2,6-7H,3-5,8-12,16H2,(H,17,19). The number of nitrogen functional groups attached to an aromatic ring is 1. The molecule has 1 aliphatic rings. The van der Waals surface area contributed by atoms with Crippen molar-refractivity contribution in [3.63, 3.8) is 0 Å². The van der Waals surface area contributed by atoms with Gasteiger partial charge in [-0.15, -0.1) is 0 Å². The fourth-order valence-corrected chi connectivity index (χ4v) is 2.47. The van der Waals surface area contributed by atoms with Crippen LogP contribution in [0.2, 0.25) is 0 Å². The van der Waals surface area contributed by atoms with Crippen molar-refractivity contribution in [2.45, 2.75) is 25.7 Å². The fourth-order valence-electron chi connectivity index (χ4n) is 2.47. The average Bonchev–Trinajstić information content (AvgIpc) is 2.91. The number of likely N-dealkylation sites (tertiary alicyclic amines) is 1. The van der Waals surface area contributed by atoms with Crippen LogP contribution in [0.5, 0.6) is 0 Å². The molecule has 0 aliphatic carbocycles. The third-order valence-electron chi connectivity index (χ3n) is 3.58. The second kappa shape index (κ2) is 7.14. The van der Waals surface area contributed by atoms with Gasteiger partial charge in [-0.05, 0) is 50.5 Å². The van der Waals surface area contributed by atoms with Crippen molar-refractivity contribution in [3.05, 3.63) is 29.8 Å². The van der Waals surface area contributed by atoms with Gasteiger partial charge < -0.3 is 16.0 Å². The van der Waals surface area contributed by atoms with Crippen molar-refractivity contribution in [2.75, 3.05) is 31.9 Å². The molecule has 19 heavy (non-hydrogen) atoms. The Balaban J connectivity index is 1.63. The number of hydrogen-bond acceptors (Lipinski definition) is 3. The summed E-state index contributed by atoms with van der Waals surface area (Å²) in [6.07, 6.45) is 4.03. The van der Waals surface area contributed by atoms with Crippen LogP contribution >= 0.6 is 0 Å². The Morgan fingerprint density at radius 1 is 1.26 bits per heavy atom. The van der Waals surface area contributed by atoms with Crippen molar-refractivity contribution >= 4 is 11.6 Å². The summed E-state index contributed by atoms with van der Waals surface area (Å²) in [4.78, 5) is 14.2. The van der Waals surface area contributed by atoms with Crippen LogP contribution in [0.4, 0.5) is 5.69 Å². The minimum atomic E-state index is 0.0549. The Morgan fingerprint density at radius 2 is 2.00 bits per heavy atom. The molecule has 0 aromatic heterocycles. The highest BCUT2D eigenvalue weighted by atomic mass is 16.1. The molecule has 1 heterocycles. The molecule has 0 bridgehead atoms. The first-order valence-electron chi connectivity index (χ1n) is 7.08. The zero-order chi connectivity index (χ0) is 13.5. The molecule has 1 fully saturated rings. The van der Waals surface area contributed by atoms with Crippen LogP contribution in [-0.4, -0.2) is 37.0 Å². The maximum absolute atomic E-state index is 11.8. The molecule has 1 saturated heterocycles. The molecule has 0 atom stereocenters. The molecule has 1 aromatic carbocycles. The molecule has 1 aromatic rings. The maximum Gasteiger partial charge on any atom is 0.224 e. The van der Waals surface area contributed by atoms with E-state index in [1.54, 1.807) is 0 Å². The van der Waals surface area contributed by atoms with E-state index in [1.807, 2.05) is 24.3 Å². The van der Waals surface area contributed by atoms with Gasteiger partial charge in [0.25, 0.3) is 0 Å². The Hall–Kier alpha value is -1.55. The molecular weight excluding hydrogens is 238 g/mol. The first kappa shape index (κ1) is 13.9. The predicted molar refractivity (Wildman–Crippen MR) is 77.9 cm³/mol. The fraction of sp³-hybridized carbons (Fsp3) is 0.533. The molecule has 2 rings (SSSR count). The Bertz CT molecular complexity index is 414. The van der Waals surface area contributed by atoms with Crippen molar-refractivity contribution < 1.29 is 4.79 Å². The van der Waals surface area contributed by atoms with Crippen LogP contribution in [0.25, 0.3) is 0 Å². The van der Waals surface area contributed by atoms with E-state index in [9.17, 15) is 4.79 Å². The molecule has 0 saturated carbocycles. The first-order valence-corrected chi connectivity index (χ1v) is 7.08. The van der Waals surface area contributed by atoms with Crippen molar-refractivity contribution in [2.24, 2.45) is 0 Å². The molecule has 0 unspecified atom stereocenters. The zero-order valence-corrected chi connectivity index (χ0v) is 11.4. The molecule has 1 amide bonds. The lowest BCUT2D eigenvalue weighted by atomic mass is 10.1. The van der Waals surface area contributed by atoms with E-state index < -0.39 is 0 Å². The number of nitrogens with zero attached hydrogens (tertiary/aromatic N) is 1. The number of amides is 1. The van der Waals surface area contributed by atoms with Crippen LogP contribution in [0, 0.1) is 0 Å². The highest BCUT2D eigenvalue weighted by Gasteiger charge is 2.10. The summed E-state index contributed by atoms with van der Waals surface area (Å²) < 4.78 is 0. The van der Waals surface area contributed by atoms with Gasteiger partial charge >= 0.3 is 0 Å². The van der Waals surface area contributed by atoms with Gasteiger partial charge in [-0.2, -0.15) is 0 Å². The Labute approximate surface area is 115 Å². The van der Waals surface area contributed by atoms with E-state index in [0.29, 0.717) is 12.1 Å². The molecule has 0 radical (unpaired) electrons. The van der Waals surface area contributed by atoms with Crippen molar-refractivity contribution in [1.82, 2.24) is 10.2 Å². The van der Waals surface area contributed by atoms with Crippen LogP contribution in [0.15, 0.2) is 24.3 Å². The topological polar surface area (TPSA) is 58.4 Å². The molecule has 0 spiro atoms. The summed E-state index contributed by atoms with van der Waals surface area (Å²) in [7, 11) is 0. The summed E-state index contributed by atoms with van der Waals surface area (Å²) in [5, 5.41) is 2.96. The summed E-state index contributed by atoms with van der Waals surface area (Å²) in [5.74, 6) is 0.0549. The van der Waals surface area contributed by atoms with Gasteiger partial charge in [-0.1, -0.05) is 18.2 Å². The van der Waals surface area contributed by atoms with Crippen molar-refractivity contribution in [1.29, 1.82) is 0 Å². The van der Waals surface area contributed by atoms with E-state index in [-0.39, 0.29) is 5.91 Å². The number of anilines is 1. The van der Waals surface area contributed by atoms with E-state index in [1.165, 1.54) is 25.9 Å². The zero-order valence-electron chi connectivity index (χ0n) is 11.4. The van der Waals surface area contributed by atoms with Gasteiger partial charge in [0.05, 0.1) is 6.42 Å². The van der Waals surface area contributed by atoms with Crippen molar-refractivity contribution in [3.8, 4) is 0 Å². The Morgan fingerprint density at radius 3 is 2.74 bits per heavy atom. The average molecular weight is 261 g/mol. The Kier molecular flexibility index (Phi) is 5.21. The maximum atomic E-state index is 11.8. The third kappa shape index (κ3) is 4.56. The van der Waals surface area contributed by atoms with E-state index >= 15 is 0 Å². The first-order chi connectivity index (χ1) is 9.25. The lowest BCUT2D eigenvalue weighted by Crippen LogP contribution is -2.29. The summed E-state index contributed by atoms with van der Waals surface area (Å²) >= 11 is 0. The molecule has 1 aliphatic heterocycles. The van der Waals surface area contributed by atoms with Gasteiger partial charge in [0.15, 0.2) is 0 Å². The van der Waals surface area contributed by atoms with Gasteiger partial charge in [-0.25, -0.2) is 0 Å². The molecule has 4 nitrogen and oxygen atoms in total. The summed E-state index contributed by atoms with van der Waals surface area (Å²) in [6.45, 7) is 4.28. The third-order valence-corrected chi connectivity index (χ3v) is 3.58. The molecular formula is C15H23N3O. The number of hydrogen-bond donors (Lipinski definition) is 2. The van der Waals surface area contributed by atoms with E-state index in [2.05, 4.69) is 10.2 Å². The summed E-state index contributed by atoms with van der Waals surface area (Å²) in [5.41, 5.74) is 7.41. The lowest BCUT2D eigenvalue weighted by Gasteiger charge is -2.14. The van der Waals surface area contributed by atoms with Crippen LogP contribution in [-0.2, 0) is 11.2 Å². The lowest BCUT2D eigenvalue weighted by molar-refractivity contribution is -0.120. The van der Waals surface area contributed by atoms with Crippen LogP contribution < -0.4 is 11.1 Å². The number of carbonyl (C=O) groups excluding carboxylic acids is 1. The van der Waals surface area contributed by atoms with Crippen LogP contribution in [0.1, 0.15) is 24.8 Å². The van der Waals surface area contributed by atoms with E-state index in [0.717, 1.165) is 25.1 Å². The smallest absolute Gasteiger partial charge is 0.224 e. The quantitative estimate of drug-likeness (QED) is 0.601. The monoisotopic (exact) mass is 261 g/mol. The second-order valence-electron chi connectivity index (χ2n) is 5.13. The number of nitrogens with two attached hydrogens (primary N) is 1. The highest BCUT2D eigenvalue weighted by molar-refractivity contribution is 5.80. The SMILES string of the molecule is Nc1ccccc1CC(=O)NCCCN1CCCC1. The number of para-hydroxylation sites is 1. The molecule has 4 heteroatoms. The normalized spacial score (nSPS) is 15.6. The highest BCUT2D eigenvalue weighted by Crippen LogP contribution is 2.11. The number of nitrogens with one attached hydrogen (secondary N) is 1. The minimum absolute atomic E-state index is 0.0549. The van der Waals surface area contributed by atoms with Gasteiger partial charge in [-0.3, -0.25) is 4.79 Å². The van der Waals surface area contributed by atoms with Gasteiger partial charge in [0, 0.05) is 12.2 Å². The number of carbonyl (C=O) groups is 1. The van der Waals surface area contributed by atoms with Gasteiger partial charge in [0.1, 0.15) is 0 Å². The van der Waals surface area contributed by atoms with Gasteiger partial charge in [0.2, 0.25) is 5.91 Å².